The van der Waals surface area contributed by atoms with Crippen LogP contribution in [0.1, 0.15) is 11.4 Å². The van der Waals surface area contributed by atoms with Crippen LogP contribution in [0.15, 0.2) is 170 Å². The van der Waals surface area contributed by atoms with Crippen molar-refractivity contribution in [2.24, 2.45) is 0 Å². The summed E-state index contributed by atoms with van der Waals surface area (Å²) in [6.07, 6.45) is 0. The van der Waals surface area contributed by atoms with Crippen LogP contribution >= 0.6 is 0 Å². The van der Waals surface area contributed by atoms with E-state index in [-0.39, 0.29) is 0 Å². The van der Waals surface area contributed by atoms with E-state index in [2.05, 4.69) is 116 Å². The van der Waals surface area contributed by atoms with Gasteiger partial charge in [0.05, 0.1) is 0 Å². The topological polar surface area (TPSA) is 51.6 Å². The lowest BCUT2D eigenvalue weighted by atomic mass is 9.86. The Morgan fingerprint density at radius 1 is 0.296 bits per heavy atom. The Labute approximate surface area is 313 Å². The highest BCUT2D eigenvalue weighted by atomic mass is 15.0. The first-order chi connectivity index (χ1) is 26.6. The minimum absolute atomic E-state index is 0.616. The van der Waals surface area contributed by atoms with Gasteiger partial charge in [-0.1, -0.05) is 140 Å². The molecule has 0 spiro atoms. The molecule has 4 heteroatoms. The van der Waals surface area contributed by atoms with E-state index in [4.69, 9.17) is 19.9 Å². The molecule has 2 aromatic heterocycles. The van der Waals surface area contributed by atoms with Crippen LogP contribution in [0.5, 0.6) is 0 Å². The summed E-state index contributed by atoms with van der Waals surface area (Å²) in [6.45, 7) is 4.12. The molecule has 54 heavy (non-hydrogen) atoms. The standard InChI is InChI=1S/C50H34N4/c1-31-25-26-38(32(2)51-31)35-27-36(29-37(28-35)50-53-48(33-15-5-3-6-16-33)52-49(54-50)34-17-7-4-8-18-34)45-30-46-41-21-10-9-19-39(41)40-20-11-13-23-43(40)47(46)44-24-14-12-22-42(44)45/h3-30H,1-2H3. The highest BCUT2D eigenvalue weighted by Gasteiger charge is 2.19. The molecule has 0 radical (unpaired) electrons. The fourth-order valence-corrected chi connectivity index (χ4v) is 8.00. The summed E-state index contributed by atoms with van der Waals surface area (Å²) in [5.74, 6) is 1.88. The number of hydrogen-bond donors (Lipinski definition) is 0. The van der Waals surface area contributed by atoms with Gasteiger partial charge in [-0.25, -0.2) is 15.0 Å². The molecule has 8 aromatic carbocycles. The first-order valence-electron chi connectivity index (χ1n) is 18.3. The molecule has 0 aliphatic carbocycles. The molecule has 0 amide bonds. The quantitative estimate of drug-likeness (QED) is 0.169. The molecular formula is C50H34N4. The monoisotopic (exact) mass is 690 g/mol. The third-order valence-corrected chi connectivity index (χ3v) is 10.5. The second-order valence-electron chi connectivity index (χ2n) is 13.9. The van der Waals surface area contributed by atoms with Gasteiger partial charge >= 0.3 is 0 Å². The molecule has 0 saturated heterocycles. The number of hydrogen-bond acceptors (Lipinski definition) is 4. The van der Waals surface area contributed by atoms with Gasteiger partial charge in [-0.05, 0) is 104 Å². The molecular weight excluding hydrogens is 657 g/mol. The molecule has 0 N–H and O–H groups in total. The normalized spacial score (nSPS) is 11.5. The smallest absolute Gasteiger partial charge is 0.164 e. The molecule has 0 fully saturated rings. The summed E-state index contributed by atoms with van der Waals surface area (Å²) < 4.78 is 0. The van der Waals surface area contributed by atoms with Crippen LogP contribution in [0.2, 0.25) is 0 Å². The number of rotatable bonds is 5. The van der Waals surface area contributed by atoms with Crippen molar-refractivity contribution < 1.29 is 0 Å². The van der Waals surface area contributed by atoms with Gasteiger partial charge in [0.2, 0.25) is 0 Å². The van der Waals surface area contributed by atoms with Gasteiger partial charge in [-0.3, -0.25) is 4.98 Å². The Hall–Kier alpha value is -7.04. The average Bonchev–Trinajstić information content (AvgIpc) is 3.23. The summed E-state index contributed by atoms with van der Waals surface area (Å²) in [6, 6.07) is 60.1. The maximum absolute atomic E-state index is 5.16. The summed E-state index contributed by atoms with van der Waals surface area (Å²) in [4.78, 5) is 20.2. The molecule has 4 nitrogen and oxygen atoms in total. The Balaban J connectivity index is 1.30. The van der Waals surface area contributed by atoms with E-state index in [1.165, 1.54) is 43.1 Å². The average molecular weight is 691 g/mol. The van der Waals surface area contributed by atoms with E-state index in [0.717, 1.165) is 50.3 Å². The highest BCUT2D eigenvalue weighted by Crippen LogP contribution is 2.44. The van der Waals surface area contributed by atoms with Crippen molar-refractivity contribution in [3.05, 3.63) is 181 Å². The van der Waals surface area contributed by atoms with Gasteiger partial charge < -0.3 is 0 Å². The van der Waals surface area contributed by atoms with Crippen LogP contribution in [0, 0.1) is 13.8 Å². The first kappa shape index (κ1) is 31.7. The minimum Gasteiger partial charge on any atom is -0.258 e. The number of benzene rings is 8. The van der Waals surface area contributed by atoms with Crippen LogP contribution < -0.4 is 0 Å². The van der Waals surface area contributed by atoms with Gasteiger partial charge in [-0.15, -0.1) is 0 Å². The maximum Gasteiger partial charge on any atom is 0.164 e. The predicted octanol–water partition coefficient (Wildman–Crippen LogP) is 12.8. The van der Waals surface area contributed by atoms with Crippen molar-refractivity contribution in [1.82, 2.24) is 19.9 Å². The first-order valence-corrected chi connectivity index (χ1v) is 18.3. The van der Waals surface area contributed by atoms with E-state index in [0.29, 0.717) is 17.5 Å². The SMILES string of the molecule is Cc1ccc(-c2cc(-c3nc(-c4ccccc4)nc(-c4ccccc4)n3)cc(-c3cc4c5ccccc5c5ccccc5c4c4ccccc34)c2)c(C)n1. The maximum atomic E-state index is 5.16. The van der Waals surface area contributed by atoms with Gasteiger partial charge in [0.15, 0.2) is 17.5 Å². The third kappa shape index (κ3) is 5.39. The van der Waals surface area contributed by atoms with Crippen LogP contribution in [-0.4, -0.2) is 19.9 Å². The molecule has 2 heterocycles. The predicted molar refractivity (Wildman–Crippen MR) is 224 cm³/mol. The molecule has 0 aliphatic heterocycles. The van der Waals surface area contributed by atoms with Gasteiger partial charge in [0, 0.05) is 33.6 Å². The molecule has 10 rings (SSSR count). The largest absolute Gasteiger partial charge is 0.258 e. The number of fused-ring (bicyclic) bond motifs is 8. The van der Waals surface area contributed by atoms with Crippen molar-refractivity contribution in [3.63, 3.8) is 0 Å². The van der Waals surface area contributed by atoms with Crippen molar-refractivity contribution in [2.75, 3.05) is 0 Å². The van der Waals surface area contributed by atoms with E-state index in [9.17, 15) is 0 Å². The number of pyridine rings is 1. The van der Waals surface area contributed by atoms with E-state index >= 15 is 0 Å². The second-order valence-corrected chi connectivity index (χ2v) is 13.9. The summed E-state index contributed by atoms with van der Waals surface area (Å²) in [7, 11) is 0. The lowest BCUT2D eigenvalue weighted by Crippen LogP contribution is -2.01. The van der Waals surface area contributed by atoms with Crippen molar-refractivity contribution in [1.29, 1.82) is 0 Å². The van der Waals surface area contributed by atoms with Gasteiger partial charge in [0.25, 0.3) is 0 Å². The lowest BCUT2D eigenvalue weighted by Gasteiger charge is -2.18. The van der Waals surface area contributed by atoms with E-state index in [1.807, 2.05) is 67.6 Å². The molecule has 0 atom stereocenters. The Morgan fingerprint density at radius 2 is 0.722 bits per heavy atom. The van der Waals surface area contributed by atoms with Crippen LogP contribution in [0.4, 0.5) is 0 Å². The zero-order valence-electron chi connectivity index (χ0n) is 30.0. The van der Waals surface area contributed by atoms with Gasteiger partial charge in [-0.2, -0.15) is 0 Å². The van der Waals surface area contributed by atoms with E-state index < -0.39 is 0 Å². The molecule has 10 aromatic rings. The number of aryl methyl sites for hydroxylation is 2. The van der Waals surface area contributed by atoms with Crippen LogP contribution in [-0.2, 0) is 0 Å². The number of nitrogens with zero attached hydrogens (tertiary/aromatic N) is 4. The Bertz CT molecular complexity index is 3000. The fraction of sp³-hybridized carbons (Fsp3) is 0.0400. The molecule has 0 bridgehead atoms. The van der Waals surface area contributed by atoms with Crippen molar-refractivity contribution in [3.8, 4) is 56.4 Å². The fourth-order valence-electron chi connectivity index (χ4n) is 8.00. The van der Waals surface area contributed by atoms with Crippen molar-refractivity contribution in [2.45, 2.75) is 13.8 Å². The minimum atomic E-state index is 0.616. The zero-order valence-corrected chi connectivity index (χ0v) is 30.0. The van der Waals surface area contributed by atoms with Crippen molar-refractivity contribution >= 4 is 43.1 Å². The van der Waals surface area contributed by atoms with Crippen LogP contribution in [0.25, 0.3) is 99.5 Å². The lowest BCUT2D eigenvalue weighted by molar-refractivity contribution is 1.07. The molecule has 0 unspecified atom stereocenters. The molecule has 0 aliphatic rings. The summed E-state index contributed by atoms with van der Waals surface area (Å²) in [5, 5.41) is 9.95. The third-order valence-electron chi connectivity index (χ3n) is 10.5. The zero-order chi connectivity index (χ0) is 36.2. The molecule has 0 saturated carbocycles. The summed E-state index contributed by atoms with van der Waals surface area (Å²) in [5.41, 5.74) is 9.12. The Kier molecular flexibility index (Phi) is 7.55. The van der Waals surface area contributed by atoms with E-state index in [1.54, 1.807) is 0 Å². The molecule has 254 valence electrons. The highest BCUT2D eigenvalue weighted by molar-refractivity contribution is 6.33. The number of aromatic nitrogens is 4. The van der Waals surface area contributed by atoms with Gasteiger partial charge in [0.1, 0.15) is 0 Å². The van der Waals surface area contributed by atoms with Crippen LogP contribution in [0.3, 0.4) is 0 Å². The Morgan fingerprint density at radius 3 is 1.30 bits per heavy atom. The second kappa shape index (κ2) is 12.9. The summed E-state index contributed by atoms with van der Waals surface area (Å²) >= 11 is 0.